The molecule has 6 nitrogen and oxygen atoms in total. The summed E-state index contributed by atoms with van der Waals surface area (Å²) in [5, 5.41) is 6.31. The molecule has 29 heavy (non-hydrogen) atoms. The minimum atomic E-state index is 0.0774. The summed E-state index contributed by atoms with van der Waals surface area (Å²) in [7, 11) is 0. The van der Waals surface area contributed by atoms with Crippen molar-refractivity contribution in [1.29, 1.82) is 0 Å². The molecule has 6 heteroatoms. The van der Waals surface area contributed by atoms with Gasteiger partial charge in [0.15, 0.2) is 13.1 Å². The number of amides is 2. The van der Waals surface area contributed by atoms with Crippen LogP contribution < -0.4 is 20.4 Å². The minimum Gasteiger partial charge on any atom is -0.348 e. The number of benzene rings is 1. The molecule has 0 bridgehead atoms. The van der Waals surface area contributed by atoms with Crippen LogP contribution in [0.2, 0.25) is 0 Å². The largest absolute Gasteiger partial charge is 0.348 e. The lowest BCUT2D eigenvalue weighted by molar-refractivity contribution is -1.00. The number of hydrogen-bond acceptors (Lipinski definition) is 2. The number of anilines is 1. The van der Waals surface area contributed by atoms with Crippen LogP contribution in [-0.2, 0) is 16.0 Å². The lowest BCUT2D eigenvalue weighted by Crippen LogP contribution is -3.28. The molecule has 0 atom stereocenters. The monoisotopic (exact) mass is 402 g/mol. The fourth-order valence-corrected chi connectivity index (χ4v) is 4.59. The van der Waals surface area contributed by atoms with E-state index in [1.54, 1.807) is 0 Å². The van der Waals surface area contributed by atoms with E-state index in [1.165, 1.54) is 28.2 Å². The molecule has 3 rings (SSSR count). The van der Waals surface area contributed by atoms with Crippen LogP contribution in [0.4, 0.5) is 5.69 Å². The second-order valence-corrected chi connectivity index (χ2v) is 8.94. The van der Waals surface area contributed by atoms with Gasteiger partial charge in [0.1, 0.15) is 26.2 Å². The predicted molar refractivity (Wildman–Crippen MR) is 115 cm³/mol. The van der Waals surface area contributed by atoms with Gasteiger partial charge in [0.2, 0.25) is 0 Å². The van der Waals surface area contributed by atoms with Crippen molar-refractivity contribution >= 4 is 17.5 Å². The van der Waals surface area contributed by atoms with Crippen molar-refractivity contribution < 1.29 is 19.4 Å². The molecule has 1 saturated heterocycles. The lowest BCUT2D eigenvalue weighted by Gasteiger charge is -2.30. The highest BCUT2D eigenvalue weighted by Gasteiger charge is 2.27. The SMILES string of the molecule is CCc1ccccc1NC(=O)C[NH+]1CC[NH+](CC(=O)NC2CCC(C)CC2)CC1. The normalized spacial score (nSPS) is 27.2. The van der Waals surface area contributed by atoms with Crippen LogP contribution >= 0.6 is 0 Å². The van der Waals surface area contributed by atoms with Crippen LogP contribution in [0.1, 0.15) is 45.1 Å². The summed E-state index contributed by atoms with van der Waals surface area (Å²) in [6.45, 7) is 9.23. The third-order valence-corrected chi connectivity index (χ3v) is 6.54. The summed E-state index contributed by atoms with van der Waals surface area (Å²) in [5.74, 6) is 1.07. The van der Waals surface area contributed by atoms with Crippen LogP contribution in [0.3, 0.4) is 0 Å². The first-order valence-electron chi connectivity index (χ1n) is 11.4. The molecule has 4 N–H and O–H groups in total. The Hall–Kier alpha value is -1.92. The molecular formula is C23H38N4O2+2. The third-order valence-electron chi connectivity index (χ3n) is 6.54. The van der Waals surface area contributed by atoms with Crippen molar-refractivity contribution in [1.82, 2.24) is 5.32 Å². The first kappa shape index (κ1) is 21.8. The molecule has 1 aliphatic carbocycles. The van der Waals surface area contributed by atoms with E-state index in [-0.39, 0.29) is 11.8 Å². The van der Waals surface area contributed by atoms with Crippen molar-refractivity contribution in [2.24, 2.45) is 5.92 Å². The molecule has 0 aromatic heterocycles. The van der Waals surface area contributed by atoms with Gasteiger partial charge in [0, 0.05) is 11.7 Å². The highest BCUT2D eigenvalue weighted by Crippen LogP contribution is 2.23. The van der Waals surface area contributed by atoms with E-state index < -0.39 is 0 Å². The number of rotatable bonds is 7. The van der Waals surface area contributed by atoms with Crippen molar-refractivity contribution in [2.45, 2.75) is 52.0 Å². The van der Waals surface area contributed by atoms with E-state index in [4.69, 9.17) is 0 Å². The van der Waals surface area contributed by atoms with Crippen molar-refractivity contribution in [3.63, 3.8) is 0 Å². The number of para-hydroxylation sites is 1. The van der Waals surface area contributed by atoms with Crippen molar-refractivity contribution in [2.75, 3.05) is 44.6 Å². The molecule has 1 saturated carbocycles. The average Bonchev–Trinajstić information content (AvgIpc) is 2.71. The molecular weight excluding hydrogens is 364 g/mol. The molecule has 2 fully saturated rings. The van der Waals surface area contributed by atoms with Gasteiger partial charge in [-0.1, -0.05) is 32.0 Å². The van der Waals surface area contributed by atoms with Crippen molar-refractivity contribution in [3.8, 4) is 0 Å². The lowest BCUT2D eigenvalue weighted by atomic mass is 9.87. The van der Waals surface area contributed by atoms with E-state index in [9.17, 15) is 9.59 Å². The second kappa shape index (κ2) is 10.7. The number of quaternary nitrogens is 2. The van der Waals surface area contributed by atoms with Gasteiger partial charge in [-0.2, -0.15) is 0 Å². The molecule has 0 unspecified atom stereocenters. The van der Waals surface area contributed by atoms with E-state index in [0.717, 1.165) is 57.0 Å². The Morgan fingerprint density at radius 3 is 2.14 bits per heavy atom. The Morgan fingerprint density at radius 1 is 0.931 bits per heavy atom. The zero-order valence-electron chi connectivity index (χ0n) is 18.1. The van der Waals surface area contributed by atoms with Gasteiger partial charge in [-0.25, -0.2) is 0 Å². The van der Waals surface area contributed by atoms with Gasteiger partial charge >= 0.3 is 0 Å². The van der Waals surface area contributed by atoms with Gasteiger partial charge in [0.05, 0.1) is 0 Å². The molecule has 1 aromatic rings. The van der Waals surface area contributed by atoms with E-state index in [2.05, 4.69) is 30.5 Å². The number of nitrogens with one attached hydrogen (secondary N) is 4. The number of piperazine rings is 1. The molecule has 1 aliphatic heterocycles. The van der Waals surface area contributed by atoms with Gasteiger partial charge in [0.25, 0.3) is 11.8 Å². The maximum absolute atomic E-state index is 12.4. The van der Waals surface area contributed by atoms with Crippen LogP contribution in [0.5, 0.6) is 0 Å². The predicted octanol–water partition coefficient (Wildman–Crippen LogP) is -0.334. The number of aryl methyl sites for hydroxylation is 1. The smallest absolute Gasteiger partial charge is 0.279 e. The molecule has 160 valence electrons. The number of hydrogen-bond donors (Lipinski definition) is 4. The summed E-state index contributed by atoms with van der Waals surface area (Å²) in [6, 6.07) is 8.37. The Morgan fingerprint density at radius 2 is 1.52 bits per heavy atom. The van der Waals surface area contributed by atoms with Gasteiger partial charge in [-0.15, -0.1) is 0 Å². The van der Waals surface area contributed by atoms with Gasteiger partial charge < -0.3 is 20.4 Å². The molecule has 1 aromatic carbocycles. The average molecular weight is 403 g/mol. The maximum Gasteiger partial charge on any atom is 0.279 e. The fourth-order valence-electron chi connectivity index (χ4n) is 4.59. The van der Waals surface area contributed by atoms with E-state index >= 15 is 0 Å². The van der Waals surface area contributed by atoms with Crippen LogP contribution in [-0.4, -0.2) is 57.1 Å². The highest BCUT2D eigenvalue weighted by atomic mass is 16.2. The zero-order chi connectivity index (χ0) is 20.6. The van der Waals surface area contributed by atoms with Gasteiger partial charge in [-0.05, 0) is 49.7 Å². The van der Waals surface area contributed by atoms with Crippen LogP contribution in [0.25, 0.3) is 0 Å². The van der Waals surface area contributed by atoms with Crippen LogP contribution in [0, 0.1) is 5.92 Å². The Balaban J connectivity index is 1.35. The standard InChI is InChI=1S/C23H36N4O2/c1-3-19-6-4-5-7-21(19)25-23(29)17-27-14-12-26(13-15-27)16-22(28)24-20-10-8-18(2)9-11-20/h4-7,18,20H,3,8-17H2,1-2H3,(H,24,28)(H,25,29)/p+2. The molecule has 2 aliphatic rings. The molecule has 0 radical (unpaired) electrons. The fraction of sp³-hybridized carbons (Fsp3) is 0.652. The van der Waals surface area contributed by atoms with Gasteiger partial charge in [-0.3, -0.25) is 9.59 Å². The molecule has 1 heterocycles. The quantitative estimate of drug-likeness (QED) is 0.504. The number of carbonyl (C=O) groups is 2. The summed E-state index contributed by atoms with van der Waals surface area (Å²) >= 11 is 0. The minimum absolute atomic E-state index is 0.0774. The Labute approximate surface area is 175 Å². The maximum atomic E-state index is 12.4. The number of carbonyl (C=O) groups excluding carboxylic acids is 2. The van der Waals surface area contributed by atoms with E-state index in [1.807, 2.05) is 18.2 Å². The Bertz CT molecular complexity index is 677. The topological polar surface area (TPSA) is 67.1 Å². The van der Waals surface area contributed by atoms with E-state index in [0.29, 0.717) is 19.1 Å². The van der Waals surface area contributed by atoms with Crippen molar-refractivity contribution in [3.05, 3.63) is 29.8 Å². The molecule has 2 amide bonds. The molecule has 0 spiro atoms. The highest BCUT2D eigenvalue weighted by molar-refractivity contribution is 5.92. The summed E-state index contributed by atoms with van der Waals surface area (Å²) in [4.78, 5) is 27.5. The summed E-state index contributed by atoms with van der Waals surface area (Å²) < 4.78 is 0. The first-order chi connectivity index (χ1) is 14.0. The summed E-state index contributed by atoms with van der Waals surface area (Å²) in [6.07, 6.45) is 5.61. The van der Waals surface area contributed by atoms with Crippen LogP contribution in [0.15, 0.2) is 24.3 Å². The third kappa shape index (κ3) is 6.82. The Kier molecular flexibility index (Phi) is 8.07. The zero-order valence-corrected chi connectivity index (χ0v) is 18.1. The summed E-state index contributed by atoms with van der Waals surface area (Å²) in [5.41, 5.74) is 2.10. The first-order valence-corrected chi connectivity index (χ1v) is 11.4. The second-order valence-electron chi connectivity index (χ2n) is 8.94.